The summed E-state index contributed by atoms with van der Waals surface area (Å²) < 4.78 is 12.9. The fraction of sp³-hybridized carbons (Fsp3) is 0.261. The molecule has 152 valence electrons. The van der Waals surface area contributed by atoms with Crippen LogP contribution in [0.5, 0.6) is 5.75 Å². The van der Waals surface area contributed by atoms with Crippen LogP contribution in [-0.2, 0) is 25.6 Å². The van der Waals surface area contributed by atoms with Crippen LogP contribution in [0.1, 0.15) is 23.1 Å². The van der Waals surface area contributed by atoms with Gasteiger partial charge in [0, 0.05) is 24.3 Å². The molecule has 0 saturated carbocycles. The number of ether oxygens (including phenoxy) is 1. The van der Waals surface area contributed by atoms with Crippen molar-refractivity contribution in [1.82, 2.24) is 14.8 Å². The number of nitrogens with zero attached hydrogens (tertiary/aromatic N) is 3. The third-order valence-corrected chi connectivity index (χ3v) is 6.65. The van der Waals surface area contributed by atoms with Gasteiger partial charge in [0.25, 0.3) is 0 Å². The van der Waals surface area contributed by atoms with Crippen molar-refractivity contribution in [3.63, 3.8) is 0 Å². The predicted molar refractivity (Wildman–Crippen MR) is 117 cm³/mol. The molecular formula is C23H21N3O3S. The second kappa shape index (κ2) is 7.65. The van der Waals surface area contributed by atoms with E-state index in [2.05, 4.69) is 16.3 Å². The molecule has 7 heteroatoms. The molecule has 2 aromatic carbocycles. The van der Waals surface area contributed by atoms with E-state index in [9.17, 15) is 4.79 Å². The number of aromatic nitrogens is 3. The molecule has 0 fully saturated rings. The molecule has 0 atom stereocenters. The highest BCUT2D eigenvalue weighted by atomic mass is 32.2. The Morgan fingerprint density at radius 3 is 2.77 bits per heavy atom. The molecule has 4 aromatic rings. The Hall–Kier alpha value is -3.06. The quantitative estimate of drug-likeness (QED) is 0.353. The van der Waals surface area contributed by atoms with Gasteiger partial charge < -0.3 is 13.7 Å². The van der Waals surface area contributed by atoms with Gasteiger partial charge in [-0.1, -0.05) is 23.9 Å². The molecule has 30 heavy (non-hydrogen) atoms. The van der Waals surface area contributed by atoms with Gasteiger partial charge in [-0.3, -0.25) is 0 Å². The van der Waals surface area contributed by atoms with Gasteiger partial charge in [-0.2, -0.15) is 0 Å². The van der Waals surface area contributed by atoms with Gasteiger partial charge in [0.1, 0.15) is 11.3 Å². The summed E-state index contributed by atoms with van der Waals surface area (Å²) in [6, 6.07) is 13.6. The predicted octanol–water partition coefficient (Wildman–Crippen LogP) is 4.38. The van der Waals surface area contributed by atoms with E-state index in [1.54, 1.807) is 24.9 Å². The number of hydrogen-bond donors (Lipinski definition) is 0. The summed E-state index contributed by atoms with van der Waals surface area (Å²) in [6.45, 7) is 0. The van der Waals surface area contributed by atoms with Crippen LogP contribution in [0.15, 0.2) is 56.8 Å². The zero-order valence-corrected chi connectivity index (χ0v) is 17.7. The molecule has 6 nitrogen and oxygen atoms in total. The minimum atomic E-state index is -0.316. The number of rotatable bonds is 5. The lowest BCUT2D eigenvalue weighted by Gasteiger charge is -2.09. The van der Waals surface area contributed by atoms with Crippen LogP contribution in [-0.4, -0.2) is 21.9 Å². The highest BCUT2D eigenvalue weighted by Crippen LogP contribution is 2.33. The maximum absolute atomic E-state index is 12.1. The van der Waals surface area contributed by atoms with Crippen molar-refractivity contribution in [2.24, 2.45) is 7.05 Å². The summed E-state index contributed by atoms with van der Waals surface area (Å²) in [7, 11) is 3.59. The van der Waals surface area contributed by atoms with Crippen LogP contribution in [0.2, 0.25) is 0 Å². The smallest absolute Gasteiger partial charge is 0.336 e. The molecule has 2 heterocycles. The van der Waals surface area contributed by atoms with Crippen molar-refractivity contribution in [3.05, 3.63) is 69.6 Å². The monoisotopic (exact) mass is 419 g/mol. The SMILES string of the molecule is COc1ccccc1-c1nnc(SCc2cc(=O)oc3cc4c(cc23)CCC4)n1C. The lowest BCUT2D eigenvalue weighted by Crippen LogP contribution is -2.01. The molecule has 0 saturated heterocycles. The van der Waals surface area contributed by atoms with E-state index in [4.69, 9.17) is 9.15 Å². The highest BCUT2D eigenvalue weighted by Gasteiger charge is 2.18. The van der Waals surface area contributed by atoms with E-state index in [1.807, 2.05) is 41.9 Å². The maximum atomic E-state index is 12.1. The van der Waals surface area contributed by atoms with Crippen LogP contribution >= 0.6 is 11.8 Å². The van der Waals surface area contributed by atoms with Crippen LogP contribution in [0.3, 0.4) is 0 Å². The van der Waals surface area contributed by atoms with Crippen LogP contribution in [0.25, 0.3) is 22.4 Å². The van der Waals surface area contributed by atoms with Crippen LogP contribution in [0.4, 0.5) is 0 Å². The van der Waals surface area contributed by atoms with Crippen molar-refractivity contribution in [2.75, 3.05) is 7.11 Å². The summed E-state index contributed by atoms with van der Waals surface area (Å²) in [6.07, 6.45) is 3.30. The Bertz CT molecular complexity index is 1310. The van der Waals surface area contributed by atoms with E-state index in [0.29, 0.717) is 11.3 Å². The van der Waals surface area contributed by atoms with E-state index in [-0.39, 0.29) is 5.63 Å². The van der Waals surface area contributed by atoms with Crippen molar-refractivity contribution in [2.45, 2.75) is 30.2 Å². The van der Waals surface area contributed by atoms with Crippen molar-refractivity contribution >= 4 is 22.7 Å². The zero-order chi connectivity index (χ0) is 20.7. The molecule has 0 amide bonds. The second-order valence-electron chi connectivity index (χ2n) is 7.42. The Balaban J connectivity index is 1.47. The minimum absolute atomic E-state index is 0.316. The molecule has 0 bridgehead atoms. The number of thioether (sulfide) groups is 1. The average Bonchev–Trinajstić information content (AvgIpc) is 3.36. The third-order valence-electron chi connectivity index (χ3n) is 5.58. The normalized spacial score (nSPS) is 13.0. The van der Waals surface area contributed by atoms with E-state index >= 15 is 0 Å². The van der Waals surface area contributed by atoms with Crippen molar-refractivity contribution < 1.29 is 9.15 Å². The summed E-state index contributed by atoms with van der Waals surface area (Å²) in [4.78, 5) is 12.1. The number of fused-ring (bicyclic) bond motifs is 2. The third kappa shape index (κ3) is 3.29. The summed E-state index contributed by atoms with van der Waals surface area (Å²) in [5.74, 6) is 2.11. The number of para-hydroxylation sites is 1. The van der Waals surface area contributed by atoms with Gasteiger partial charge in [-0.05, 0) is 60.2 Å². The summed E-state index contributed by atoms with van der Waals surface area (Å²) in [5.41, 5.74) is 4.87. The number of hydrogen-bond acceptors (Lipinski definition) is 6. The van der Waals surface area contributed by atoms with Gasteiger partial charge in [-0.25, -0.2) is 4.79 Å². The first-order valence-corrected chi connectivity index (χ1v) is 10.9. The molecule has 0 spiro atoms. The molecule has 1 aliphatic rings. The first-order valence-electron chi connectivity index (χ1n) is 9.88. The van der Waals surface area contributed by atoms with Gasteiger partial charge in [-0.15, -0.1) is 10.2 Å². The lowest BCUT2D eigenvalue weighted by molar-refractivity contribution is 0.416. The van der Waals surface area contributed by atoms with Gasteiger partial charge >= 0.3 is 5.63 Å². The van der Waals surface area contributed by atoms with Crippen molar-refractivity contribution in [3.8, 4) is 17.1 Å². The maximum Gasteiger partial charge on any atom is 0.336 e. The topological polar surface area (TPSA) is 70.2 Å². The van der Waals surface area contributed by atoms with E-state index in [0.717, 1.165) is 52.5 Å². The van der Waals surface area contributed by atoms with Gasteiger partial charge in [0.05, 0.1) is 12.7 Å². The van der Waals surface area contributed by atoms with E-state index < -0.39 is 0 Å². The standard InChI is InChI=1S/C23H21N3O3S/c1-26-22(17-8-3-4-9-19(17)28-2)24-25-23(26)30-13-16-12-21(27)29-20-11-15-7-5-6-14(15)10-18(16)20/h3-4,8-12H,5-7,13H2,1-2H3. The number of benzene rings is 2. The van der Waals surface area contributed by atoms with Crippen LogP contribution < -0.4 is 10.4 Å². The molecule has 5 rings (SSSR count). The molecular weight excluding hydrogens is 398 g/mol. The first kappa shape index (κ1) is 18.9. The average molecular weight is 420 g/mol. The van der Waals surface area contributed by atoms with Gasteiger partial charge in [0.15, 0.2) is 11.0 Å². The minimum Gasteiger partial charge on any atom is -0.496 e. The highest BCUT2D eigenvalue weighted by molar-refractivity contribution is 7.98. The number of methoxy groups -OCH3 is 1. The molecule has 0 unspecified atom stereocenters. The Labute approximate surface area is 177 Å². The molecule has 2 aromatic heterocycles. The largest absolute Gasteiger partial charge is 0.496 e. The van der Waals surface area contributed by atoms with Gasteiger partial charge in [0.2, 0.25) is 0 Å². The Morgan fingerprint density at radius 2 is 1.93 bits per heavy atom. The number of aryl methyl sites for hydroxylation is 2. The fourth-order valence-corrected chi connectivity index (χ4v) is 4.96. The summed E-state index contributed by atoms with van der Waals surface area (Å²) >= 11 is 1.55. The Morgan fingerprint density at radius 1 is 1.13 bits per heavy atom. The van der Waals surface area contributed by atoms with Crippen molar-refractivity contribution in [1.29, 1.82) is 0 Å². The first-order chi connectivity index (χ1) is 14.6. The second-order valence-corrected chi connectivity index (χ2v) is 8.36. The van der Waals surface area contributed by atoms with E-state index in [1.165, 1.54) is 11.1 Å². The Kier molecular flexibility index (Phi) is 4.83. The lowest BCUT2D eigenvalue weighted by atomic mass is 10.0. The van der Waals surface area contributed by atoms with Crippen LogP contribution in [0, 0.1) is 0 Å². The zero-order valence-electron chi connectivity index (χ0n) is 16.8. The summed E-state index contributed by atoms with van der Waals surface area (Å²) in [5, 5.41) is 10.5. The molecule has 0 radical (unpaired) electrons. The fourth-order valence-electron chi connectivity index (χ4n) is 4.06. The molecule has 1 aliphatic carbocycles. The molecule has 0 N–H and O–H groups in total. The molecule has 0 aliphatic heterocycles.